The van der Waals surface area contributed by atoms with Crippen LogP contribution in [0.2, 0.25) is 0 Å². The molecule has 0 bridgehead atoms. The third kappa shape index (κ3) is 6.02. The lowest BCUT2D eigenvalue weighted by Gasteiger charge is -2.15. The van der Waals surface area contributed by atoms with Gasteiger partial charge in [0, 0.05) is 24.2 Å². The van der Waals surface area contributed by atoms with Gasteiger partial charge >= 0.3 is 0 Å². The van der Waals surface area contributed by atoms with E-state index in [1.54, 1.807) is 0 Å². The minimum atomic E-state index is 0.564. The van der Waals surface area contributed by atoms with Crippen molar-refractivity contribution in [3.05, 3.63) is 52.0 Å². The van der Waals surface area contributed by atoms with Crippen molar-refractivity contribution in [2.75, 3.05) is 13.1 Å². The number of aryl methyl sites for hydroxylation is 1. The van der Waals surface area contributed by atoms with Crippen LogP contribution < -0.4 is 10.6 Å². The van der Waals surface area contributed by atoms with Gasteiger partial charge in [0.05, 0.1) is 12.2 Å². The van der Waals surface area contributed by atoms with Gasteiger partial charge in [0.15, 0.2) is 5.96 Å². The quantitative estimate of drug-likeness (QED) is 0.604. The second kappa shape index (κ2) is 9.30. The molecule has 0 radical (unpaired) electrons. The number of thiophene rings is 1. The van der Waals surface area contributed by atoms with Gasteiger partial charge in [-0.1, -0.05) is 19.1 Å². The third-order valence-corrected chi connectivity index (χ3v) is 4.50. The fourth-order valence-corrected chi connectivity index (χ4v) is 3.16. The van der Waals surface area contributed by atoms with Gasteiger partial charge in [-0.05, 0) is 49.3 Å². The average molecular weight is 331 g/mol. The van der Waals surface area contributed by atoms with Crippen LogP contribution in [0.4, 0.5) is 0 Å². The monoisotopic (exact) mass is 330 g/mol. The number of guanidine groups is 1. The Morgan fingerprint density at radius 2 is 2.17 bits per heavy atom. The van der Waals surface area contributed by atoms with Crippen LogP contribution in [0, 0.1) is 12.8 Å². The van der Waals surface area contributed by atoms with Crippen LogP contribution in [0.15, 0.2) is 40.8 Å². The Morgan fingerprint density at radius 3 is 2.87 bits per heavy atom. The van der Waals surface area contributed by atoms with Crippen molar-refractivity contribution >= 4 is 17.3 Å². The molecule has 124 valence electrons. The van der Waals surface area contributed by atoms with Gasteiger partial charge in [0.2, 0.25) is 0 Å². The molecular weight excluding hydrogens is 304 g/mol. The summed E-state index contributed by atoms with van der Waals surface area (Å²) in [5, 5.41) is 8.87. The molecular formula is C18H26N4S. The van der Waals surface area contributed by atoms with Gasteiger partial charge in [0.1, 0.15) is 0 Å². The molecule has 2 rings (SSSR count). The van der Waals surface area contributed by atoms with Gasteiger partial charge in [-0.3, -0.25) is 4.98 Å². The number of aromatic nitrogens is 1. The van der Waals surface area contributed by atoms with E-state index in [0.717, 1.165) is 31.2 Å². The molecule has 23 heavy (non-hydrogen) atoms. The molecule has 5 heteroatoms. The van der Waals surface area contributed by atoms with Crippen molar-refractivity contribution in [3.63, 3.8) is 0 Å². The lowest BCUT2D eigenvalue weighted by atomic mass is 10.1. The molecule has 2 heterocycles. The van der Waals surface area contributed by atoms with Gasteiger partial charge in [-0.25, -0.2) is 4.99 Å². The lowest BCUT2D eigenvalue weighted by molar-refractivity contribution is 0.562. The van der Waals surface area contributed by atoms with Crippen LogP contribution in [-0.4, -0.2) is 24.0 Å². The molecule has 0 spiro atoms. The Hall–Kier alpha value is -1.88. The fraction of sp³-hybridized carbons (Fsp3) is 0.444. The summed E-state index contributed by atoms with van der Waals surface area (Å²) in [4.78, 5) is 10.5. The minimum Gasteiger partial charge on any atom is -0.357 e. The Balaban J connectivity index is 1.87. The summed E-state index contributed by atoms with van der Waals surface area (Å²) in [6.07, 6.45) is 2.92. The molecule has 4 nitrogen and oxygen atoms in total. The maximum Gasteiger partial charge on any atom is 0.191 e. The normalized spacial score (nSPS) is 12.9. The van der Waals surface area contributed by atoms with Crippen LogP contribution in [0.25, 0.3) is 0 Å². The zero-order valence-corrected chi connectivity index (χ0v) is 15.0. The van der Waals surface area contributed by atoms with Crippen LogP contribution >= 0.6 is 11.3 Å². The minimum absolute atomic E-state index is 0.564. The first-order chi connectivity index (χ1) is 11.2. The SMILES string of the molecule is CCNC(=NCc1ncccc1C)NCC(C)Cc1cccs1. The van der Waals surface area contributed by atoms with Crippen molar-refractivity contribution in [3.8, 4) is 0 Å². The highest BCUT2D eigenvalue weighted by molar-refractivity contribution is 7.09. The predicted molar refractivity (Wildman–Crippen MR) is 99.0 cm³/mol. The van der Waals surface area contributed by atoms with Crippen molar-refractivity contribution in [2.24, 2.45) is 10.9 Å². The summed E-state index contributed by atoms with van der Waals surface area (Å²) in [6.45, 7) is 8.78. The second-order valence-corrected chi connectivity index (χ2v) is 6.76. The molecule has 0 aliphatic rings. The van der Waals surface area contributed by atoms with E-state index in [4.69, 9.17) is 0 Å². The van der Waals surface area contributed by atoms with Crippen LogP contribution in [-0.2, 0) is 13.0 Å². The zero-order valence-electron chi connectivity index (χ0n) is 14.2. The van der Waals surface area contributed by atoms with Crippen molar-refractivity contribution in [2.45, 2.75) is 33.7 Å². The molecule has 0 saturated carbocycles. The highest BCUT2D eigenvalue weighted by Crippen LogP contribution is 2.13. The molecule has 0 amide bonds. The Kier molecular flexibility index (Phi) is 7.07. The number of nitrogens with zero attached hydrogens (tertiary/aromatic N) is 2. The second-order valence-electron chi connectivity index (χ2n) is 5.73. The first-order valence-corrected chi connectivity index (χ1v) is 9.02. The fourth-order valence-electron chi connectivity index (χ4n) is 2.29. The van der Waals surface area contributed by atoms with E-state index >= 15 is 0 Å². The Bertz CT molecular complexity index is 607. The van der Waals surface area contributed by atoms with Crippen molar-refractivity contribution in [1.29, 1.82) is 0 Å². The average Bonchev–Trinajstić information content (AvgIpc) is 3.04. The first kappa shape index (κ1) is 17.5. The predicted octanol–water partition coefficient (Wildman–Crippen LogP) is 3.39. The Labute approximate surface area is 143 Å². The molecule has 0 saturated heterocycles. The third-order valence-electron chi connectivity index (χ3n) is 3.60. The van der Waals surface area contributed by atoms with Gasteiger partial charge in [-0.2, -0.15) is 0 Å². The standard InChI is InChI=1S/C18H26N4S/c1-4-19-18(22-13-17-15(3)7-5-9-20-17)21-12-14(2)11-16-8-6-10-23-16/h5-10,14H,4,11-13H2,1-3H3,(H2,19,21,22). The number of rotatable bonds is 7. The summed E-state index contributed by atoms with van der Waals surface area (Å²) in [5.41, 5.74) is 2.20. The summed E-state index contributed by atoms with van der Waals surface area (Å²) < 4.78 is 0. The van der Waals surface area contributed by atoms with Gasteiger partial charge in [0.25, 0.3) is 0 Å². The van der Waals surface area contributed by atoms with Crippen molar-refractivity contribution in [1.82, 2.24) is 15.6 Å². The van der Waals surface area contributed by atoms with E-state index in [0.29, 0.717) is 12.5 Å². The summed E-state index contributed by atoms with van der Waals surface area (Å²) >= 11 is 1.82. The molecule has 2 N–H and O–H groups in total. The van der Waals surface area contributed by atoms with Gasteiger partial charge < -0.3 is 10.6 Å². The number of pyridine rings is 1. The topological polar surface area (TPSA) is 49.3 Å². The summed E-state index contributed by atoms with van der Waals surface area (Å²) in [5.74, 6) is 1.42. The van der Waals surface area contributed by atoms with E-state index in [-0.39, 0.29) is 0 Å². The van der Waals surface area contributed by atoms with Gasteiger partial charge in [-0.15, -0.1) is 11.3 Å². The molecule has 2 aromatic rings. The number of hydrogen-bond donors (Lipinski definition) is 2. The maximum absolute atomic E-state index is 4.65. The molecule has 2 aromatic heterocycles. The molecule has 0 aliphatic carbocycles. The van der Waals surface area contributed by atoms with Crippen LogP contribution in [0.1, 0.15) is 30.0 Å². The summed E-state index contributed by atoms with van der Waals surface area (Å²) in [7, 11) is 0. The highest BCUT2D eigenvalue weighted by atomic mass is 32.1. The number of nitrogens with one attached hydrogen (secondary N) is 2. The molecule has 1 unspecified atom stereocenters. The lowest BCUT2D eigenvalue weighted by Crippen LogP contribution is -2.39. The van der Waals surface area contributed by atoms with Crippen LogP contribution in [0.3, 0.4) is 0 Å². The van der Waals surface area contributed by atoms with E-state index in [1.165, 1.54) is 10.4 Å². The highest BCUT2D eigenvalue weighted by Gasteiger charge is 2.06. The van der Waals surface area contributed by atoms with E-state index in [9.17, 15) is 0 Å². The zero-order chi connectivity index (χ0) is 16.5. The van der Waals surface area contributed by atoms with Crippen molar-refractivity contribution < 1.29 is 0 Å². The largest absolute Gasteiger partial charge is 0.357 e. The number of aliphatic imine (C=N–C) groups is 1. The molecule has 1 atom stereocenters. The first-order valence-electron chi connectivity index (χ1n) is 8.14. The van der Waals surface area contributed by atoms with Crippen LogP contribution in [0.5, 0.6) is 0 Å². The van der Waals surface area contributed by atoms with E-state index in [2.05, 4.69) is 65.0 Å². The van der Waals surface area contributed by atoms with E-state index < -0.39 is 0 Å². The molecule has 0 aromatic carbocycles. The molecule has 0 fully saturated rings. The Morgan fingerprint density at radius 1 is 1.30 bits per heavy atom. The number of hydrogen-bond acceptors (Lipinski definition) is 3. The maximum atomic E-state index is 4.65. The van der Waals surface area contributed by atoms with E-state index in [1.807, 2.05) is 23.6 Å². The smallest absolute Gasteiger partial charge is 0.191 e. The summed E-state index contributed by atoms with van der Waals surface area (Å²) in [6, 6.07) is 8.34. The molecule has 0 aliphatic heterocycles.